The molecule has 0 fully saturated rings. The molecule has 0 radical (unpaired) electrons. The highest BCUT2D eigenvalue weighted by atomic mass is 79.9. The summed E-state index contributed by atoms with van der Waals surface area (Å²) in [4.78, 5) is 2.81. The molecule has 82 valence electrons. The zero-order chi connectivity index (χ0) is 11.0. The molecule has 0 aromatic carbocycles. The van der Waals surface area contributed by atoms with Gasteiger partial charge in [0.15, 0.2) is 0 Å². The number of alkyl halides is 1. The van der Waals surface area contributed by atoms with Crippen molar-refractivity contribution in [2.45, 2.75) is 9.57 Å². The van der Waals surface area contributed by atoms with Crippen LogP contribution >= 0.6 is 50.4 Å². The van der Waals surface area contributed by atoms with Gasteiger partial charge in [0.25, 0.3) is 0 Å². The van der Waals surface area contributed by atoms with Crippen molar-refractivity contribution in [3.05, 3.63) is 56.3 Å². The molecule has 0 saturated carbocycles. The largest absolute Gasteiger partial charge is 0.148 e. The van der Waals surface area contributed by atoms with Gasteiger partial charge in [-0.05, 0) is 28.3 Å². The van der Waals surface area contributed by atoms with Crippen molar-refractivity contribution in [1.82, 2.24) is 0 Å². The topological polar surface area (TPSA) is 0 Å². The highest BCUT2D eigenvalue weighted by Gasteiger charge is 2.42. The molecular weight excluding hydrogens is 320 g/mol. The first-order valence-electron chi connectivity index (χ1n) is 4.91. The first kappa shape index (κ1) is 11.1. The number of halogens is 1. The number of thiophene rings is 2. The van der Waals surface area contributed by atoms with E-state index >= 15 is 0 Å². The van der Waals surface area contributed by atoms with E-state index in [1.54, 1.807) is 0 Å². The molecule has 1 aliphatic rings. The Bertz CT molecular complexity index is 486. The molecule has 0 spiro atoms. The molecule has 0 bridgehead atoms. The maximum absolute atomic E-state index is 3.94. The monoisotopic (exact) mass is 328 g/mol. The van der Waals surface area contributed by atoms with Crippen LogP contribution in [0.3, 0.4) is 0 Å². The van der Waals surface area contributed by atoms with Gasteiger partial charge in [-0.15, -0.1) is 34.4 Å². The van der Waals surface area contributed by atoms with Crippen LogP contribution in [0.25, 0.3) is 0 Å². The number of hydrogen-bond donors (Lipinski definition) is 0. The molecule has 2 atom stereocenters. The zero-order valence-electron chi connectivity index (χ0n) is 8.30. The van der Waals surface area contributed by atoms with Crippen LogP contribution in [-0.2, 0) is 3.66 Å². The van der Waals surface area contributed by atoms with Gasteiger partial charge in [0.2, 0.25) is 0 Å². The Morgan fingerprint density at radius 2 is 1.94 bits per heavy atom. The minimum atomic E-state index is 0.00597. The first-order valence-corrected chi connectivity index (χ1v) is 8.35. The molecule has 0 aliphatic carbocycles. The molecule has 3 rings (SSSR count). The van der Waals surface area contributed by atoms with Crippen molar-refractivity contribution in [3.8, 4) is 0 Å². The third kappa shape index (κ3) is 1.72. The van der Waals surface area contributed by atoms with E-state index in [0.717, 1.165) is 0 Å². The molecule has 4 heteroatoms. The van der Waals surface area contributed by atoms with E-state index in [2.05, 4.69) is 62.4 Å². The maximum Gasteiger partial charge on any atom is 0.120 e. The van der Waals surface area contributed by atoms with E-state index in [1.807, 2.05) is 34.4 Å². The van der Waals surface area contributed by atoms with Gasteiger partial charge in [-0.25, -0.2) is 0 Å². The fraction of sp³-hybridized carbons (Fsp3) is 0.167. The Morgan fingerprint density at radius 3 is 2.62 bits per heavy atom. The number of allylic oxidation sites excluding steroid dienone is 1. The SMILES string of the molecule is BrC1(c2cccs2)SC=CC1c1cccs1. The first-order chi connectivity index (χ1) is 7.81. The molecule has 1 aliphatic heterocycles. The van der Waals surface area contributed by atoms with Gasteiger partial charge < -0.3 is 0 Å². The van der Waals surface area contributed by atoms with Gasteiger partial charge >= 0.3 is 0 Å². The van der Waals surface area contributed by atoms with Gasteiger partial charge in [0, 0.05) is 15.7 Å². The smallest absolute Gasteiger partial charge is 0.120 e. The van der Waals surface area contributed by atoms with Crippen molar-refractivity contribution in [2.24, 2.45) is 0 Å². The summed E-state index contributed by atoms with van der Waals surface area (Å²) < 4.78 is 0.00597. The summed E-state index contributed by atoms with van der Waals surface area (Å²) in [5, 5.41) is 6.50. The van der Waals surface area contributed by atoms with Crippen molar-refractivity contribution < 1.29 is 0 Å². The predicted octanol–water partition coefficient (Wildman–Crippen LogP) is 5.40. The summed E-state index contributed by atoms with van der Waals surface area (Å²) in [6, 6.07) is 8.67. The van der Waals surface area contributed by atoms with Crippen LogP contribution in [0.4, 0.5) is 0 Å². The van der Waals surface area contributed by atoms with E-state index in [1.165, 1.54) is 9.75 Å². The highest BCUT2D eigenvalue weighted by molar-refractivity contribution is 9.11. The Balaban J connectivity index is 2.03. The van der Waals surface area contributed by atoms with Gasteiger partial charge in [0.1, 0.15) is 3.66 Å². The molecule has 16 heavy (non-hydrogen) atoms. The second kappa shape index (κ2) is 4.33. The lowest BCUT2D eigenvalue weighted by atomic mass is 10.0. The number of thioether (sulfide) groups is 1. The lowest BCUT2D eigenvalue weighted by molar-refractivity contribution is 0.817. The summed E-state index contributed by atoms with van der Waals surface area (Å²) >= 11 is 9.45. The summed E-state index contributed by atoms with van der Waals surface area (Å²) in [6.45, 7) is 0. The standard InChI is InChI=1S/C12H9BrS3/c13-12(11-4-2-7-15-11)9(5-8-16-12)10-3-1-6-14-10/h1-9H. The fourth-order valence-electron chi connectivity index (χ4n) is 1.84. The van der Waals surface area contributed by atoms with Crippen LogP contribution in [0.2, 0.25) is 0 Å². The highest BCUT2D eigenvalue weighted by Crippen LogP contribution is 2.59. The lowest BCUT2D eigenvalue weighted by Gasteiger charge is -2.26. The summed E-state index contributed by atoms with van der Waals surface area (Å²) in [7, 11) is 0. The minimum absolute atomic E-state index is 0.00597. The van der Waals surface area contributed by atoms with Crippen LogP contribution in [0, 0.1) is 0 Å². The van der Waals surface area contributed by atoms with E-state index in [4.69, 9.17) is 0 Å². The Hall–Kier alpha value is -0.0300. The number of hydrogen-bond acceptors (Lipinski definition) is 3. The van der Waals surface area contributed by atoms with Crippen molar-refractivity contribution in [2.75, 3.05) is 0 Å². The third-order valence-corrected chi connectivity index (χ3v) is 7.56. The second-order valence-electron chi connectivity index (χ2n) is 3.56. The molecule has 0 nitrogen and oxygen atoms in total. The lowest BCUT2D eigenvalue weighted by Crippen LogP contribution is -2.16. The molecular formula is C12H9BrS3. The summed E-state index contributed by atoms with van der Waals surface area (Å²) in [5.41, 5.74) is 0. The van der Waals surface area contributed by atoms with E-state index in [9.17, 15) is 0 Å². The quantitative estimate of drug-likeness (QED) is 0.665. The molecule has 2 unspecified atom stereocenters. The fourth-order valence-corrected chi connectivity index (χ4v) is 6.09. The van der Waals surface area contributed by atoms with Crippen LogP contribution in [0.15, 0.2) is 46.5 Å². The average Bonchev–Trinajstić information content (AvgIpc) is 2.99. The average molecular weight is 329 g/mol. The molecule has 2 aromatic rings. The van der Waals surface area contributed by atoms with Gasteiger partial charge in [-0.3, -0.25) is 0 Å². The Labute approximate surface area is 116 Å². The van der Waals surface area contributed by atoms with Crippen molar-refractivity contribution >= 4 is 50.4 Å². The summed E-state index contributed by atoms with van der Waals surface area (Å²) in [5.74, 6) is 0.441. The molecule has 0 amide bonds. The molecule has 0 saturated heterocycles. The van der Waals surface area contributed by atoms with E-state index in [-0.39, 0.29) is 3.66 Å². The van der Waals surface area contributed by atoms with E-state index < -0.39 is 0 Å². The Kier molecular flexibility index (Phi) is 3.00. The van der Waals surface area contributed by atoms with E-state index in [0.29, 0.717) is 5.92 Å². The van der Waals surface area contributed by atoms with Crippen LogP contribution in [0.1, 0.15) is 15.7 Å². The molecule has 2 aromatic heterocycles. The minimum Gasteiger partial charge on any atom is -0.148 e. The van der Waals surface area contributed by atoms with Crippen molar-refractivity contribution in [3.63, 3.8) is 0 Å². The predicted molar refractivity (Wildman–Crippen MR) is 78.7 cm³/mol. The summed E-state index contributed by atoms with van der Waals surface area (Å²) in [6.07, 6.45) is 2.30. The third-order valence-electron chi connectivity index (χ3n) is 2.62. The normalized spacial score (nSPS) is 28.7. The van der Waals surface area contributed by atoms with Gasteiger partial charge in [0.05, 0.1) is 0 Å². The number of rotatable bonds is 2. The van der Waals surface area contributed by atoms with Crippen LogP contribution in [0.5, 0.6) is 0 Å². The van der Waals surface area contributed by atoms with Crippen molar-refractivity contribution in [1.29, 1.82) is 0 Å². The van der Waals surface area contributed by atoms with Gasteiger partial charge in [-0.2, -0.15) is 0 Å². The zero-order valence-corrected chi connectivity index (χ0v) is 12.3. The second-order valence-corrected chi connectivity index (χ2v) is 8.42. The van der Waals surface area contributed by atoms with Gasteiger partial charge in [-0.1, -0.05) is 34.1 Å². The van der Waals surface area contributed by atoms with Crippen LogP contribution in [-0.4, -0.2) is 0 Å². The maximum atomic E-state index is 3.94. The molecule has 0 N–H and O–H groups in total. The Morgan fingerprint density at radius 1 is 1.12 bits per heavy atom. The van der Waals surface area contributed by atoms with Crippen LogP contribution < -0.4 is 0 Å². The molecule has 3 heterocycles.